The molecule has 4 rings (SSSR count). The number of anilines is 1. The van der Waals surface area contributed by atoms with Crippen molar-refractivity contribution >= 4 is 17.5 Å². The molecular weight excluding hydrogens is 386 g/mol. The van der Waals surface area contributed by atoms with Gasteiger partial charge in [-0.15, -0.1) is 0 Å². The Labute approximate surface area is 185 Å². The van der Waals surface area contributed by atoms with Crippen molar-refractivity contribution in [3.8, 4) is 0 Å². The topological polar surface area (TPSA) is 52.7 Å². The van der Waals surface area contributed by atoms with Crippen LogP contribution in [0.5, 0.6) is 0 Å². The number of nitrogens with zero attached hydrogens (tertiary/aromatic N) is 2. The van der Waals surface area contributed by atoms with E-state index in [4.69, 9.17) is 0 Å². The number of amides is 2. The summed E-state index contributed by atoms with van der Waals surface area (Å²) in [6.45, 7) is 5.65. The molecule has 2 saturated heterocycles. The van der Waals surface area contributed by atoms with Crippen molar-refractivity contribution in [1.82, 2.24) is 10.2 Å². The Balaban J connectivity index is 1.34. The molecule has 31 heavy (non-hydrogen) atoms. The summed E-state index contributed by atoms with van der Waals surface area (Å²) < 4.78 is 0. The molecule has 2 aliphatic rings. The van der Waals surface area contributed by atoms with E-state index in [1.54, 1.807) is 0 Å². The van der Waals surface area contributed by atoms with Gasteiger partial charge in [-0.1, -0.05) is 49.4 Å². The molecule has 2 heterocycles. The second-order valence-corrected chi connectivity index (χ2v) is 8.98. The Kier molecular flexibility index (Phi) is 6.90. The first-order valence-corrected chi connectivity index (χ1v) is 11.6. The molecule has 0 atom stereocenters. The molecule has 0 aliphatic carbocycles. The lowest BCUT2D eigenvalue weighted by Gasteiger charge is -2.36. The number of carbonyl (C=O) groups excluding carboxylic acids is 2. The standard InChI is InChI=1S/C26H33N3O2/c1-20-11-15-29(16-12-20)26(31)23-9-5-6-10-24(23)28-17-13-22(14-18-28)27-25(30)19-21-7-3-2-4-8-21/h2-10,20,22H,11-19H2,1H3,(H,27,30). The molecular formula is C26H33N3O2. The Morgan fingerprint density at radius 3 is 2.23 bits per heavy atom. The van der Waals surface area contributed by atoms with Crippen LogP contribution in [0.25, 0.3) is 0 Å². The minimum atomic E-state index is 0.0829. The van der Waals surface area contributed by atoms with Gasteiger partial charge in [-0.3, -0.25) is 9.59 Å². The van der Waals surface area contributed by atoms with E-state index in [-0.39, 0.29) is 17.9 Å². The number of hydrogen-bond donors (Lipinski definition) is 1. The summed E-state index contributed by atoms with van der Waals surface area (Å²) in [5.74, 6) is 0.941. The molecule has 2 aliphatic heterocycles. The number of carbonyl (C=O) groups is 2. The average Bonchev–Trinajstić information content (AvgIpc) is 2.80. The molecule has 0 bridgehead atoms. The lowest BCUT2D eigenvalue weighted by Crippen LogP contribution is -2.46. The molecule has 2 amide bonds. The molecule has 0 saturated carbocycles. The first kappa shape index (κ1) is 21.4. The molecule has 0 unspecified atom stereocenters. The molecule has 0 aromatic heterocycles. The highest BCUT2D eigenvalue weighted by atomic mass is 16.2. The summed E-state index contributed by atoms with van der Waals surface area (Å²) >= 11 is 0. The number of para-hydroxylation sites is 1. The first-order valence-electron chi connectivity index (χ1n) is 11.6. The van der Waals surface area contributed by atoms with Gasteiger partial charge in [-0.2, -0.15) is 0 Å². The zero-order chi connectivity index (χ0) is 21.6. The highest BCUT2D eigenvalue weighted by molar-refractivity contribution is 6.00. The molecule has 5 heteroatoms. The van der Waals surface area contributed by atoms with Crippen LogP contribution in [-0.2, 0) is 11.2 Å². The fourth-order valence-electron chi connectivity index (χ4n) is 4.64. The second-order valence-electron chi connectivity index (χ2n) is 8.98. The number of likely N-dealkylation sites (tertiary alicyclic amines) is 1. The maximum Gasteiger partial charge on any atom is 0.255 e. The van der Waals surface area contributed by atoms with Crippen LogP contribution < -0.4 is 10.2 Å². The quantitative estimate of drug-likeness (QED) is 0.800. The summed E-state index contributed by atoms with van der Waals surface area (Å²) in [6.07, 6.45) is 4.38. The zero-order valence-corrected chi connectivity index (χ0v) is 18.4. The van der Waals surface area contributed by atoms with Gasteiger partial charge in [0, 0.05) is 37.9 Å². The third-order valence-corrected chi connectivity index (χ3v) is 6.61. The van der Waals surface area contributed by atoms with Crippen molar-refractivity contribution in [3.63, 3.8) is 0 Å². The second kappa shape index (κ2) is 9.99. The Morgan fingerprint density at radius 2 is 1.52 bits per heavy atom. The van der Waals surface area contributed by atoms with Crippen LogP contribution in [0.15, 0.2) is 54.6 Å². The fourth-order valence-corrected chi connectivity index (χ4v) is 4.64. The molecule has 5 nitrogen and oxygen atoms in total. The lowest BCUT2D eigenvalue weighted by atomic mass is 9.98. The Hall–Kier alpha value is -2.82. The minimum Gasteiger partial charge on any atom is -0.371 e. The Morgan fingerprint density at radius 1 is 0.871 bits per heavy atom. The van der Waals surface area contributed by atoms with Crippen LogP contribution in [-0.4, -0.2) is 48.9 Å². The molecule has 0 radical (unpaired) electrons. The van der Waals surface area contributed by atoms with Crippen molar-refractivity contribution in [1.29, 1.82) is 0 Å². The van der Waals surface area contributed by atoms with E-state index in [1.807, 2.05) is 53.4 Å². The van der Waals surface area contributed by atoms with Crippen LogP contribution in [0, 0.1) is 5.92 Å². The number of rotatable bonds is 5. The first-order chi connectivity index (χ1) is 15.1. The molecule has 2 fully saturated rings. The van der Waals surface area contributed by atoms with E-state index >= 15 is 0 Å². The third-order valence-electron chi connectivity index (χ3n) is 6.61. The van der Waals surface area contributed by atoms with Gasteiger partial charge in [0.05, 0.1) is 12.0 Å². The lowest BCUT2D eigenvalue weighted by molar-refractivity contribution is -0.121. The van der Waals surface area contributed by atoms with E-state index in [1.165, 1.54) is 0 Å². The van der Waals surface area contributed by atoms with Crippen LogP contribution in [0.3, 0.4) is 0 Å². The smallest absolute Gasteiger partial charge is 0.255 e. The van der Waals surface area contributed by atoms with Crippen molar-refractivity contribution in [2.24, 2.45) is 5.92 Å². The highest BCUT2D eigenvalue weighted by Crippen LogP contribution is 2.27. The van der Waals surface area contributed by atoms with E-state index in [0.29, 0.717) is 12.3 Å². The van der Waals surface area contributed by atoms with Gasteiger partial charge in [0.1, 0.15) is 0 Å². The SMILES string of the molecule is CC1CCN(C(=O)c2ccccc2N2CCC(NC(=O)Cc3ccccc3)CC2)CC1. The van der Waals surface area contributed by atoms with Crippen LogP contribution in [0.2, 0.25) is 0 Å². The van der Waals surface area contributed by atoms with Crippen LogP contribution >= 0.6 is 0 Å². The van der Waals surface area contributed by atoms with Gasteiger partial charge < -0.3 is 15.1 Å². The van der Waals surface area contributed by atoms with Gasteiger partial charge in [0.2, 0.25) is 5.91 Å². The Bertz CT molecular complexity index is 883. The molecule has 2 aromatic rings. The summed E-state index contributed by atoms with van der Waals surface area (Å²) in [5.41, 5.74) is 2.88. The number of nitrogens with one attached hydrogen (secondary N) is 1. The molecule has 2 aromatic carbocycles. The van der Waals surface area contributed by atoms with Gasteiger partial charge in [0.25, 0.3) is 5.91 Å². The van der Waals surface area contributed by atoms with Crippen LogP contribution in [0.4, 0.5) is 5.69 Å². The van der Waals surface area contributed by atoms with Crippen molar-refractivity contribution in [3.05, 3.63) is 65.7 Å². The van der Waals surface area contributed by atoms with E-state index in [0.717, 1.165) is 68.7 Å². The average molecular weight is 420 g/mol. The van der Waals surface area contributed by atoms with Crippen molar-refractivity contribution in [2.45, 2.75) is 45.1 Å². The minimum absolute atomic E-state index is 0.0829. The maximum atomic E-state index is 13.2. The van der Waals surface area contributed by atoms with Crippen molar-refractivity contribution < 1.29 is 9.59 Å². The molecule has 0 spiro atoms. The predicted octanol–water partition coefficient (Wildman–Crippen LogP) is 3.89. The van der Waals surface area contributed by atoms with Gasteiger partial charge in [-0.05, 0) is 49.3 Å². The summed E-state index contributed by atoms with van der Waals surface area (Å²) in [4.78, 5) is 29.9. The molecule has 164 valence electrons. The van der Waals surface area contributed by atoms with E-state index < -0.39 is 0 Å². The largest absolute Gasteiger partial charge is 0.371 e. The van der Waals surface area contributed by atoms with E-state index in [9.17, 15) is 9.59 Å². The highest BCUT2D eigenvalue weighted by Gasteiger charge is 2.27. The fraction of sp³-hybridized carbons (Fsp3) is 0.462. The van der Waals surface area contributed by atoms with Gasteiger partial charge in [0.15, 0.2) is 0 Å². The van der Waals surface area contributed by atoms with Gasteiger partial charge in [-0.25, -0.2) is 0 Å². The summed E-state index contributed by atoms with van der Waals surface area (Å²) in [5, 5.41) is 3.19. The monoisotopic (exact) mass is 419 g/mol. The predicted molar refractivity (Wildman–Crippen MR) is 124 cm³/mol. The summed E-state index contributed by atoms with van der Waals surface area (Å²) in [6, 6.07) is 18.0. The number of benzene rings is 2. The van der Waals surface area contributed by atoms with Crippen molar-refractivity contribution in [2.75, 3.05) is 31.1 Å². The summed E-state index contributed by atoms with van der Waals surface area (Å²) in [7, 11) is 0. The maximum absolute atomic E-state index is 13.2. The van der Waals surface area contributed by atoms with E-state index in [2.05, 4.69) is 23.2 Å². The van der Waals surface area contributed by atoms with Gasteiger partial charge >= 0.3 is 0 Å². The van der Waals surface area contributed by atoms with Crippen LogP contribution in [0.1, 0.15) is 48.5 Å². The zero-order valence-electron chi connectivity index (χ0n) is 18.4. The number of piperidine rings is 2. The third kappa shape index (κ3) is 5.46. The molecule has 1 N–H and O–H groups in total. The normalized spacial score (nSPS) is 18.1. The number of hydrogen-bond acceptors (Lipinski definition) is 3.